The molecule has 0 amide bonds. The van der Waals surface area contributed by atoms with Gasteiger partial charge in [-0.25, -0.2) is 4.39 Å². The molecular formula is C13H18FN. The van der Waals surface area contributed by atoms with Gasteiger partial charge in [0.15, 0.2) is 0 Å². The Morgan fingerprint density at radius 3 is 2.93 bits per heavy atom. The largest absolute Gasteiger partial charge is 0.316 e. The molecule has 0 heterocycles. The zero-order chi connectivity index (χ0) is 10.9. The topological polar surface area (TPSA) is 12.0 Å². The molecule has 1 N–H and O–H groups in total. The highest BCUT2D eigenvalue weighted by molar-refractivity contribution is 5.48. The van der Waals surface area contributed by atoms with Gasteiger partial charge in [0.1, 0.15) is 5.82 Å². The summed E-state index contributed by atoms with van der Waals surface area (Å²) in [4.78, 5) is 0. The van der Waals surface area contributed by atoms with E-state index in [9.17, 15) is 4.39 Å². The van der Waals surface area contributed by atoms with Gasteiger partial charge in [0.25, 0.3) is 0 Å². The van der Waals surface area contributed by atoms with Crippen LogP contribution < -0.4 is 5.32 Å². The summed E-state index contributed by atoms with van der Waals surface area (Å²) in [7, 11) is 0. The standard InChI is InChI=1S/C13H18FN/c1-2-9-15-10-4-3-6-12-7-5-8-13(14)11-12/h3,5-8,11,15H,2,4,9-10H2,1H3. The van der Waals surface area contributed by atoms with Crippen LogP contribution in [-0.4, -0.2) is 13.1 Å². The summed E-state index contributed by atoms with van der Waals surface area (Å²) in [6, 6.07) is 6.62. The minimum atomic E-state index is -0.179. The summed E-state index contributed by atoms with van der Waals surface area (Å²) in [5.41, 5.74) is 0.922. The third kappa shape index (κ3) is 5.33. The summed E-state index contributed by atoms with van der Waals surface area (Å²) >= 11 is 0. The number of hydrogen-bond acceptors (Lipinski definition) is 1. The second-order valence-electron chi connectivity index (χ2n) is 3.50. The van der Waals surface area contributed by atoms with Crippen molar-refractivity contribution in [3.63, 3.8) is 0 Å². The monoisotopic (exact) mass is 207 g/mol. The van der Waals surface area contributed by atoms with Crippen LogP contribution in [0.2, 0.25) is 0 Å². The summed E-state index contributed by atoms with van der Waals surface area (Å²) in [5.74, 6) is -0.179. The van der Waals surface area contributed by atoms with Crippen LogP contribution in [-0.2, 0) is 0 Å². The van der Waals surface area contributed by atoms with Crippen molar-refractivity contribution in [2.45, 2.75) is 19.8 Å². The second kappa shape index (κ2) is 7.18. The Hall–Kier alpha value is -1.15. The van der Waals surface area contributed by atoms with Crippen LogP contribution >= 0.6 is 0 Å². The van der Waals surface area contributed by atoms with Crippen LogP contribution in [0.3, 0.4) is 0 Å². The van der Waals surface area contributed by atoms with E-state index in [2.05, 4.69) is 18.3 Å². The van der Waals surface area contributed by atoms with E-state index in [1.807, 2.05) is 12.1 Å². The van der Waals surface area contributed by atoms with E-state index in [0.717, 1.165) is 31.5 Å². The van der Waals surface area contributed by atoms with E-state index in [1.165, 1.54) is 12.1 Å². The Labute approximate surface area is 91.0 Å². The van der Waals surface area contributed by atoms with Gasteiger partial charge in [-0.05, 0) is 43.6 Å². The van der Waals surface area contributed by atoms with Gasteiger partial charge in [-0.2, -0.15) is 0 Å². The molecule has 0 aromatic heterocycles. The van der Waals surface area contributed by atoms with Crippen molar-refractivity contribution < 1.29 is 4.39 Å². The zero-order valence-electron chi connectivity index (χ0n) is 9.17. The smallest absolute Gasteiger partial charge is 0.123 e. The molecule has 0 spiro atoms. The first kappa shape index (κ1) is 11.9. The summed E-state index contributed by atoms with van der Waals surface area (Å²) in [5, 5.41) is 3.31. The predicted octanol–water partition coefficient (Wildman–Crippen LogP) is 3.23. The fourth-order valence-electron chi connectivity index (χ4n) is 1.32. The molecule has 1 aromatic carbocycles. The predicted molar refractivity (Wildman–Crippen MR) is 63.2 cm³/mol. The molecule has 15 heavy (non-hydrogen) atoms. The molecule has 2 heteroatoms. The normalized spacial score (nSPS) is 11.1. The lowest BCUT2D eigenvalue weighted by Gasteiger charge is -1.98. The zero-order valence-corrected chi connectivity index (χ0v) is 9.17. The van der Waals surface area contributed by atoms with E-state index in [4.69, 9.17) is 0 Å². The maximum atomic E-state index is 12.8. The SMILES string of the molecule is CCCNCCC=Cc1cccc(F)c1. The van der Waals surface area contributed by atoms with Crippen molar-refractivity contribution in [3.8, 4) is 0 Å². The average Bonchev–Trinajstić information content (AvgIpc) is 2.23. The maximum absolute atomic E-state index is 12.8. The summed E-state index contributed by atoms with van der Waals surface area (Å²) < 4.78 is 12.8. The molecule has 0 aliphatic carbocycles. The second-order valence-corrected chi connectivity index (χ2v) is 3.50. The highest BCUT2D eigenvalue weighted by Gasteiger charge is 1.89. The first-order valence-corrected chi connectivity index (χ1v) is 5.45. The Balaban J connectivity index is 2.26. The molecule has 1 nitrogen and oxygen atoms in total. The first-order chi connectivity index (χ1) is 7.33. The van der Waals surface area contributed by atoms with Crippen molar-refractivity contribution in [1.82, 2.24) is 5.32 Å². The highest BCUT2D eigenvalue weighted by atomic mass is 19.1. The first-order valence-electron chi connectivity index (χ1n) is 5.45. The van der Waals surface area contributed by atoms with Gasteiger partial charge in [0, 0.05) is 0 Å². The Morgan fingerprint density at radius 2 is 2.20 bits per heavy atom. The molecule has 1 rings (SSSR count). The third-order valence-corrected chi connectivity index (χ3v) is 2.07. The van der Waals surface area contributed by atoms with Crippen LogP contribution in [0.15, 0.2) is 30.3 Å². The molecule has 82 valence electrons. The van der Waals surface area contributed by atoms with Gasteiger partial charge in [-0.3, -0.25) is 0 Å². The van der Waals surface area contributed by atoms with Gasteiger partial charge < -0.3 is 5.32 Å². The van der Waals surface area contributed by atoms with E-state index in [0.29, 0.717) is 0 Å². The number of nitrogens with one attached hydrogen (secondary N) is 1. The Kier molecular flexibility index (Phi) is 5.71. The van der Waals surface area contributed by atoms with Gasteiger partial charge in [-0.15, -0.1) is 0 Å². The van der Waals surface area contributed by atoms with Crippen molar-refractivity contribution in [2.75, 3.05) is 13.1 Å². The van der Waals surface area contributed by atoms with Crippen LogP contribution in [0.1, 0.15) is 25.3 Å². The fourth-order valence-corrected chi connectivity index (χ4v) is 1.32. The minimum absolute atomic E-state index is 0.179. The quantitative estimate of drug-likeness (QED) is 0.706. The van der Waals surface area contributed by atoms with Crippen LogP contribution in [0, 0.1) is 5.82 Å². The van der Waals surface area contributed by atoms with Crippen LogP contribution in [0.5, 0.6) is 0 Å². The molecule has 0 saturated carbocycles. The van der Waals surface area contributed by atoms with Crippen LogP contribution in [0.25, 0.3) is 6.08 Å². The molecular weight excluding hydrogens is 189 g/mol. The summed E-state index contributed by atoms with van der Waals surface area (Å²) in [6.07, 6.45) is 6.16. The molecule has 1 aromatic rings. The minimum Gasteiger partial charge on any atom is -0.316 e. The van der Waals surface area contributed by atoms with E-state index >= 15 is 0 Å². The highest BCUT2D eigenvalue weighted by Crippen LogP contribution is 2.05. The van der Waals surface area contributed by atoms with Crippen molar-refractivity contribution in [1.29, 1.82) is 0 Å². The lowest BCUT2D eigenvalue weighted by atomic mass is 10.2. The number of hydrogen-bond donors (Lipinski definition) is 1. The van der Waals surface area contributed by atoms with Gasteiger partial charge >= 0.3 is 0 Å². The van der Waals surface area contributed by atoms with Crippen molar-refractivity contribution in [3.05, 3.63) is 41.7 Å². The molecule has 0 aliphatic heterocycles. The van der Waals surface area contributed by atoms with E-state index < -0.39 is 0 Å². The maximum Gasteiger partial charge on any atom is 0.123 e. The van der Waals surface area contributed by atoms with Gasteiger partial charge in [0.05, 0.1) is 0 Å². The third-order valence-electron chi connectivity index (χ3n) is 2.07. The Bertz CT molecular complexity index is 307. The van der Waals surface area contributed by atoms with Crippen molar-refractivity contribution in [2.24, 2.45) is 0 Å². The number of rotatable bonds is 6. The molecule has 0 unspecified atom stereocenters. The van der Waals surface area contributed by atoms with Gasteiger partial charge in [0.2, 0.25) is 0 Å². The molecule has 0 saturated heterocycles. The van der Waals surface area contributed by atoms with Crippen molar-refractivity contribution >= 4 is 6.08 Å². The Morgan fingerprint density at radius 1 is 1.33 bits per heavy atom. The number of halogens is 1. The lowest BCUT2D eigenvalue weighted by molar-refractivity contribution is 0.627. The number of benzene rings is 1. The molecule has 0 bridgehead atoms. The van der Waals surface area contributed by atoms with E-state index in [-0.39, 0.29) is 5.82 Å². The molecule has 0 aliphatic rings. The van der Waals surface area contributed by atoms with Crippen LogP contribution in [0.4, 0.5) is 4.39 Å². The average molecular weight is 207 g/mol. The summed E-state index contributed by atoms with van der Waals surface area (Å²) in [6.45, 7) is 4.20. The van der Waals surface area contributed by atoms with Gasteiger partial charge in [-0.1, -0.05) is 31.2 Å². The van der Waals surface area contributed by atoms with E-state index in [1.54, 1.807) is 6.07 Å². The molecule has 0 radical (unpaired) electrons. The molecule has 0 fully saturated rings. The lowest BCUT2D eigenvalue weighted by Crippen LogP contribution is -2.14. The molecule has 0 atom stereocenters. The fraction of sp³-hybridized carbons (Fsp3) is 0.385.